The van der Waals surface area contributed by atoms with Crippen molar-refractivity contribution in [2.24, 2.45) is 17.6 Å². The summed E-state index contributed by atoms with van der Waals surface area (Å²) in [5.41, 5.74) is 8.42. The Bertz CT molecular complexity index is 957. The molecule has 0 unspecified atom stereocenters. The van der Waals surface area contributed by atoms with Gasteiger partial charge in [0.2, 0.25) is 5.91 Å². The highest BCUT2D eigenvalue weighted by Gasteiger charge is 2.40. The molecule has 1 saturated carbocycles. The number of carboxylic acid groups (broad SMARTS) is 1. The fourth-order valence-corrected chi connectivity index (χ4v) is 5.66. The molecule has 5 N–H and O–H groups in total. The van der Waals surface area contributed by atoms with Crippen molar-refractivity contribution < 1.29 is 24.9 Å². The van der Waals surface area contributed by atoms with Gasteiger partial charge in [0.1, 0.15) is 12.4 Å². The minimum absolute atomic E-state index is 0. The second-order valence-corrected chi connectivity index (χ2v) is 10.1. The van der Waals surface area contributed by atoms with Gasteiger partial charge in [0.15, 0.2) is 0 Å². The molecule has 1 aliphatic carbocycles. The van der Waals surface area contributed by atoms with Crippen molar-refractivity contribution in [2.75, 3.05) is 19.7 Å². The highest BCUT2D eigenvalue weighted by atomic mass is 16.5. The lowest BCUT2D eigenvalue weighted by molar-refractivity contribution is -0.142. The molecule has 2 atom stereocenters. The monoisotopic (exact) mass is 496 g/mol. The molecule has 1 saturated heterocycles. The molecule has 2 fully saturated rings. The van der Waals surface area contributed by atoms with Gasteiger partial charge in [0.25, 0.3) is 0 Å². The smallest absolute Gasteiger partial charge is 0.304 e. The van der Waals surface area contributed by atoms with Crippen LogP contribution < -0.4 is 10.5 Å². The molecular weight excluding hydrogens is 456 g/mol. The maximum Gasteiger partial charge on any atom is 0.304 e. The Morgan fingerprint density at radius 1 is 1.03 bits per heavy atom. The average Bonchev–Trinajstić information content (AvgIpc) is 3.17. The highest BCUT2D eigenvalue weighted by Crippen LogP contribution is 2.36. The third kappa shape index (κ3) is 7.31. The van der Waals surface area contributed by atoms with Crippen molar-refractivity contribution in [3.63, 3.8) is 0 Å². The summed E-state index contributed by atoms with van der Waals surface area (Å²) in [6, 6.07) is 18.5. The molecule has 2 aliphatic rings. The number of benzene rings is 2. The Morgan fingerprint density at radius 3 is 2.36 bits per heavy atom. The Kier molecular flexibility index (Phi) is 10.3. The van der Waals surface area contributed by atoms with Gasteiger partial charge in [-0.2, -0.15) is 0 Å². The van der Waals surface area contributed by atoms with E-state index in [1.54, 1.807) is 0 Å². The number of ether oxygens (including phenoxy) is 1. The standard InChI is InChI=1S/C29H38N2O4.H2O/c30-19-22-8-10-23(11-9-22)24-12-14-27(15-13-24)35-20-26-17-25(18-28(32)33)29(34)31(26)16-4-7-21-5-2-1-3-6-21;/h1-3,5-6,12-15,22-23,25-26H,4,7-11,16-20,30H2,(H,32,33);1H2/t22-,23-,25-,26-;/m0./s1. The third-order valence-corrected chi connectivity index (χ3v) is 7.73. The number of likely N-dealkylation sites (tertiary alicyclic amines) is 1. The first kappa shape index (κ1) is 27.7. The van der Waals surface area contributed by atoms with E-state index in [2.05, 4.69) is 24.3 Å². The summed E-state index contributed by atoms with van der Waals surface area (Å²) in [6.07, 6.45) is 6.91. The summed E-state index contributed by atoms with van der Waals surface area (Å²) in [5.74, 6) is 0.606. The molecule has 7 nitrogen and oxygen atoms in total. The lowest BCUT2D eigenvalue weighted by atomic mass is 9.79. The molecule has 0 aromatic heterocycles. The van der Waals surface area contributed by atoms with Gasteiger partial charge in [-0.05, 0) is 86.6 Å². The quantitative estimate of drug-likeness (QED) is 0.490. The number of rotatable bonds is 11. The minimum atomic E-state index is -0.926. The van der Waals surface area contributed by atoms with Crippen LogP contribution in [0.4, 0.5) is 0 Å². The van der Waals surface area contributed by atoms with Gasteiger partial charge < -0.3 is 26.0 Å². The van der Waals surface area contributed by atoms with Crippen LogP contribution in [-0.4, -0.2) is 53.1 Å². The van der Waals surface area contributed by atoms with Crippen LogP contribution in [-0.2, 0) is 16.0 Å². The molecular formula is C29H40N2O5. The van der Waals surface area contributed by atoms with Crippen molar-refractivity contribution in [1.29, 1.82) is 0 Å². The van der Waals surface area contributed by atoms with Crippen LogP contribution in [0.15, 0.2) is 54.6 Å². The Morgan fingerprint density at radius 2 is 1.72 bits per heavy atom. The first-order valence-electron chi connectivity index (χ1n) is 13.0. The summed E-state index contributed by atoms with van der Waals surface area (Å²) in [7, 11) is 0. The number of hydrogen-bond acceptors (Lipinski definition) is 4. The van der Waals surface area contributed by atoms with Crippen LogP contribution in [0.1, 0.15) is 62.0 Å². The molecule has 1 amide bonds. The SMILES string of the molecule is NC[C@H]1CC[C@H](c2ccc(OC[C@@H]3C[C@@H](CC(=O)O)C(=O)N3CCCc3ccccc3)cc2)CC1.O. The maximum atomic E-state index is 13.0. The topological polar surface area (TPSA) is 124 Å². The number of nitrogens with two attached hydrogens (primary N) is 1. The van der Waals surface area contributed by atoms with Crippen molar-refractivity contribution in [2.45, 2.75) is 63.3 Å². The second-order valence-electron chi connectivity index (χ2n) is 10.1. The van der Waals surface area contributed by atoms with Crippen molar-refractivity contribution >= 4 is 11.9 Å². The van der Waals surface area contributed by atoms with Gasteiger partial charge in [-0.1, -0.05) is 42.5 Å². The van der Waals surface area contributed by atoms with E-state index in [0.29, 0.717) is 31.4 Å². The Labute approximate surface area is 213 Å². The molecule has 1 heterocycles. The van der Waals surface area contributed by atoms with Gasteiger partial charge in [-0.25, -0.2) is 0 Å². The summed E-state index contributed by atoms with van der Waals surface area (Å²) >= 11 is 0. The third-order valence-electron chi connectivity index (χ3n) is 7.73. The molecule has 0 bridgehead atoms. The van der Waals surface area contributed by atoms with Gasteiger partial charge in [-0.3, -0.25) is 9.59 Å². The normalized spacial score (nSPS) is 23.8. The predicted molar refractivity (Wildman–Crippen MR) is 140 cm³/mol. The number of amides is 1. The molecule has 2 aromatic rings. The Balaban J connectivity index is 0.00000361. The van der Waals surface area contributed by atoms with Crippen LogP contribution in [0.25, 0.3) is 0 Å². The van der Waals surface area contributed by atoms with Crippen LogP contribution in [0.5, 0.6) is 5.75 Å². The summed E-state index contributed by atoms with van der Waals surface area (Å²) in [5, 5.41) is 9.25. The number of carbonyl (C=O) groups excluding carboxylic acids is 1. The zero-order chi connectivity index (χ0) is 24.6. The molecule has 7 heteroatoms. The molecule has 2 aromatic carbocycles. The number of hydrogen-bond donors (Lipinski definition) is 2. The lowest BCUT2D eigenvalue weighted by Gasteiger charge is -2.28. The largest absolute Gasteiger partial charge is 0.491 e. The number of nitrogens with zero attached hydrogens (tertiary/aromatic N) is 1. The molecule has 0 radical (unpaired) electrons. The maximum absolute atomic E-state index is 13.0. The summed E-state index contributed by atoms with van der Waals surface area (Å²) in [4.78, 5) is 26.1. The minimum Gasteiger partial charge on any atom is -0.491 e. The van der Waals surface area contributed by atoms with E-state index in [1.165, 1.54) is 36.8 Å². The highest BCUT2D eigenvalue weighted by molar-refractivity contribution is 5.85. The van der Waals surface area contributed by atoms with Crippen LogP contribution in [0.2, 0.25) is 0 Å². The van der Waals surface area contributed by atoms with Gasteiger partial charge >= 0.3 is 5.97 Å². The fourth-order valence-electron chi connectivity index (χ4n) is 5.66. The van der Waals surface area contributed by atoms with Crippen molar-refractivity contribution in [3.05, 3.63) is 65.7 Å². The molecule has 0 spiro atoms. The summed E-state index contributed by atoms with van der Waals surface area (Å²) < 4.78 is 6.11. The van der Waals surface area contributed by atoms with Crippen molar-refractivity contribution in [1.82, 2.24) is 4.90 Å². The molecule has 4 rings (SSSR count). The van der Waals surface area contributed by atoms with E-state index >= 15 is 0 Å². The first-order chi connectivity index (χ1) is 17.0. The van der Waals surface area contributed by atoms with E-state index in [9.17, 15) is 14.7 Å². The van der Waals surface area contributed by atoms with Gasteiger partial charge in [0.05, 0.1) is 18.4 Å². The van der Waals surface area contributed by atoms with E-state index in [1.807, 2.05) is 35.2 Å². The molecule has 196 valence electrons. The lowest BCUT2D eigenvalue weighted by Crippen LogP contribution is -2.38. The van der Waals surface area contributed by atoms with Gasteiger partial charge in [-0.15, -0.1) is 0 Å². The second kappa shape index (κ2) is 13.4. The fraction of sp³-hybridized carbons (Fsp3) is 0.517. The van der Waals surface area contributed by atoms with Gasteiger partial charge in [0, 0.05) is 6.54 Å². The van der Waals surface area contributed by atoms with Crippen LogP contribution in [0.3, 0.4) is 0 Å². The number of carbonyl (C=O) groups is 2. The Hall–Kier alpha value is -2.90. The average molecular weight is 497 g/mol. The first-order valence-corrected chi connectivity index (χ1v) is 13.0. The summed E-state index contributed by atoms with van der Waals surface area (Å²) in [6.45, 7) is 1.79. The van der Waals surface area contributed by atoms with E-state index in [4.69, 9.17) is 10.5 Å². The van der Waals surface area contributed by atoms with E-state index < -0.39 is 11.9 Å². The number of carboxylic acids is 1. The van der Waals surface area contributed by atoms with Crippen molar-refractivity contribution in [3.8, 4) is 5.75 Å². The van der Waals surface area contributed by atoms with E-state index in [-0.39, 0.29) is 23.8 Å². The van der Waals surface area contributed by atoms with Crippen LogP contribution in [0, 0.1) is 11.8 Å². The number of aryl methyl sites for hydroxylation is 1. The van der Waals surface area contributed by atoms with E-state index in [0.717, 1.165) is 25.1 Å². The number of aliphatic carboxylic acids is 1. The molecule has 1 aliphatic heterocycles. The predicted octanol–water partition coefficient (Wildman–Crippen LogP) is 3.80. The zero-order valence-electron chi connectivity index (χ0n) is 21.0. The molecule has 36 heavy (non-hydrogen) atoms. The zero-order valence-corrected chi connectivity index (χ0v) is 21.0. The van der Waals surface area contributed by atoms with Crippen LogP contribution >= 0.6 is 0 Å².